The number of esters is 1. The SMILES string of the molecule is CCOC(=O)N(c1ccccc1)C1(C(=O)OCC)CCN(Cc2ccccc2)CC1. The highest BCUT2D eigenvalue weighted by molar-refractivity contribution is 5.99. The molecule has 0 saturated carbocycles. The largest absolute Gasteiger partial charge is 0.464 e. The first kappa shape index (κ1) is 21.8. The monoisotopic (exact) mass is 410 g/mol. The molecular formula is C24H30N2O4. The van der Waals surface area contributed by atoms with Crippen molar-refractivity contribution in [1.82, 2.24) is 4.90 Å². The van der Waals surface area contributed by atoms with Crippen molar-refractivity contribution in [3.63, 3.8) is 0 Å². The van der Waals surface area contributed by atoms with Crippen molar-refractivity contribution in [3.8, 4) is 0 Å². The molecule has 0 unspecified atom stereocenters. The fourth-order valence-electron chi connectivity index (χ4n) is 4.00. The first-order valence-electron chi connectivity index (χ1n) is 10.6. The number of likely N-dealkylation sites (tertiary alicyclic amines) is 1. The smallest absolute Gasteiger partial charge is 0.415 e. The topological polar surface area (TPSA) is 59.1 Å². The van der Waals surface area contributed by atoms with Gasteiger partial charge >= 0.3 is 12.1 Å². The van der Waals surface area contributed by atoms with E-state index < -0.39 is 11.6 Å². The Balaban J connectivity index is 1.89. The Morgan fingerprint density at radius 2 is 1.47 bits per heavy atom. The lowest BCUT2D eigenvalue weighted by atomic mass is 9.85. The van der Waals surface area contributed by atoms with Crippen LogP contribution in [-0.4, -0.2) is 48.8 Å². The molecule has 1 amide bonds. The molecule has 0 spiro atoms. The third-order valence-corrected chi connectivity index (χ3v) is 5.48. The van der Waals surface area contributed by atoms with Crippen molar-refractivity contribution in [3.05, 3.63) is 66.2 Å². The molecule has 0 aromatic heterocycles. The molecule has 2 aromatic carbocycles. The number of hydrogen-bond donors (Lipinski definition) is 0. The molecule has 0 N–H and O–H groups in total. The van der Waals surface area contributed by atoms with Crippen LogP contribution < -0.4 is 4.90 Å². The van der Waals surface area contributed by atoms with Crippen LogP contribution in [0.2, 0.25) is 0 Å². The maximum atomic E-state index is 13.2. The van der Waals surface area contributed by atoms with Gasteiger partial charge in [0.05, 0.1) is 13.2 Å². The quantitative estimate of drug-likeness (QED) is 0.639. The molecule has 0 bridgehead atoms. The lowest BCUT2D eigenvalue weighted by molar-refractivity contribution is -0.151. The van der Waals surface area contributed by atoms with Crippen molar-refractivity contribution >= 4 is 17.7 Å². The summed E-state index contributed by atoms with van der Waals surface area (Å²) in [4.78, 5) is 30.0. The Morgan fingerprint density at radius 1 is 0.900 bits per heavy atom. The summed E-state index contributed by atoms with van der Waals surface area (Å²) in [7, 11) is 0. The van der Waals surface area contributed by atoms with Crippen LogP contribution in [0.25, 0.3) is 0 Å². The van der Waals surface area contributed by atoms with Gasteiger partial charge in [-0.3, -0.25) is 9.80 Å². The number of piperidine rings is 1. The number of carbonyl (C=O) groups excluding carboxylic acids is 2. The van der Waals surface area contributed by atoms with Crippen molar-refractivity contribution < 1.29 is 19.1 Å². The van der Waals surface area contributed by atoms with Crippen molar-refractivity contribution in [2.45, 2.75) is 38.8 Å². The van der Waals surface area contributed by atoms with E-state index in [-0.39, 0.29) is 19.2 Å². The second-order valence-corrected chi connectivity index (χ2v) is 7.38. The van der Waals surface area contributed by atoms with E-state index in [4.69, 9.17) is 9.47 Å². The van der Waals surface area contributed by atoms with E-state index >= 15 is 0 Å². The third-order valence-electron chi connectivity index (χ3n) is 5.48. The fourth-order valence-corrected chi connectivity index (χ4v) is 4.00. The fraction of sp³-hybridized carbons (Fsp3) is 0.417. The number of carbonyl (C=O) groups is 2. The third kappa shape index (κ3) is 4.82. The lowest BCUT2D eigenvalue weighted by Crippen LogP contribution is -2.63. The van der Waals surface area contributed by atoms with E-state index in [9.17, 15) is 9.59 Å². The second kappa shape index (κ2) is 10.3. The molecule has 0 radical (unpaired) electrons. The van der Waals surface area contributed by atoms with Gasteiger partial charge in [0.1, 0.15) is 0 Å². The lowest BCUT2D eigenvalue weighted by Gasteiger charge is -2.46. The minimum absolute atomic E-state index is 0.237. The number of benzene rings is 2. The van der Waals surface area contributed by atoms with E-state index in [0.717, 1.165) is 6.54 Å². The second-order valence-electron chi connectivity index (χ2n) is 7.38. The van der Waals surface area contributed by atoms with E-state index in [1.165, 1.54) is 10.5 Å². The van der Waals surface area contributed by atoms with Gasteiger partial charge in [-0.1, -0.05) is 48.5 Å². The average molecular weight is 411 g/mol. The highest BCUT2D eigenvalue weighted by atomic mass is 16.6. The number of rotatable bonds is 7. The number of ether oxygens (including phenoxy) is 2. The molecule has 3 rings (SSSR count). The van der Waals surface area contributed by atoms with Gasteiger partial charge in [0, 0.05) is 25.3 Å². The summed E-state index contributed by atoms with van der Waals surface area (Å²) in [5.41, 5.74) is 0.781. The van der Waals surface area contributed by atoms with Crippen molar-refractivity contribution in [2.75, 3.05) is 31.2 Å². The minimum atomic E-state index is -1.09. The first-order valence-corrected chi connectivity index (χ1v) is 10.6. The maximum absolute atomic E-state index is 13.2. The predicted molar refractivity (Wildman–Crippen MR) is 116 cm³/mol. The summed E-state index contributed by atoms with van der Waals surface area (Å²) in [5, 5.41) is 0. The Bertz CT molecular complexity index is 818. The van der Waals surface area contributed by atoms with Gasteiger partial charge in [0.25, 0.3) is 0 Å². The first-order chi connectivity index (χ1) is 14.6. The zero-order valence-electron chi connectivity index (χ0n) is 17.8. The van der Waals surface area contributed by atoms with Crippen LogP contribution in [0.15, 0.2) is 60.7 Å². The maximum Gasteiger partial charge on any atom is 0.415 e. The summed E-state index contributed by atoms with van der Waals surface area (Å²) in [6.45, 7) is 6.21. The Morgan fingerprint density at radius 3 is 2.03 bits per heavy atom. The molecule has 160 valence electrons. The molecule has 2 aromatic rings. The summed E-state index contributed by atoms with van der Waals surface area (Å²) in [6.07, 6.45) is 0.437. The average Bonchev–Trinajstić information content (AvgIpc) is 2.77. The van der Waals surface area contributed by atoms with Crippen LogP contribution in [0.5, 0.6) is 0 Å². The Labute approximate surface area is 178 Å². The molecule has 1 aliphatic heterocycles. The van der Waals surface area contributed by atoms with E-state index in [1.54, 1.807) is 13.8 Å². The molecule has 1 aliphatic rings. The van der Waals surface area contributed by atoms with E-state index in [2.05, 4.69) is 17.0 Å². The summed E-state index contributed by atoms with van der Waals surface area (Å²) in [5.74, 6) is -0.374. The zero-order chi connectivity index (χ0) is 21.4. The molecule has 1 fully saturated rings. The Kier molecular flexibility index (Phi) is 7.46. The molecule has 30 heavy (non-hydrogen) atoms. The van der Waals surface area contributed by atoms with Gasteiger partial charge in [-0.2, -0.15) is 0 Å². The molecule has 1 heterocycles. The molecule has 6 heteroatoms. The molecule has 6 nitrogen and oxygen atoms in total. The van der Waals surface area contributed by atoms with Gasteiger partial charge in [0.2, 0.25) is 0 Å². The normalized spacial score (nSPS) is 15.9. The number of anilines is 1. The van der Waals surface area contributed by atoms with Crippen LogP contribution in [0.4, 0.5) is 10.5 Å². The van der Waals surface area contributed by atoms with Crippen molar-refractivity contribution in [2.24, 2.45) is 0 Å². The number of nitrogens with zero attached hydrogens (tertiary/aromatic N) is 2. The predicted octanol–water partition coefficient (Wildman–Crippen LogP) is 4.25. The van der Waals surface area contributed by atoms with Crippen LogP contribution >= 0.6 is 0 Å². The molecule has 1 saturated heterocycles. The Hall–Kier alpha value is -2.86. The van der Waals surface area contributed by atoms with Gasteiger partial charge in [-0.05, 0) is 44.4 Å². The van der Waals surface area contributed by atoms with Crippen LogP contribution in [-0.2, 0) is 20.8 Å². The molecule has 0 aliphatic carbocycles. The summed E-state index contributed by atoms with van der Waals surface area (Å²) < 4.78 is 10.8. The zero-order valence-corrected chi connectivity index (χ0v) is 17.8. The number of hydrogen-bond acceptors (Lipinski definition) is 5. The number of para-hydroxylation sites is 1. The number of amides is 1. The van der Waals surface area contributed by atoms with Gasteiger partial charge in [-0.25, -0.2) is 9.59 Å². The van der Waals surface area contributed by atoms with Gasteiger partial charge in [0.15, 0.2) is 5.54 Å². The standard InChI is InChI=1S/C24H30N2O4/c1-3-29-22(27)24(26(23(28)30-4-2)21-13-9-6-10-14-21)15-17-25(18-16-24)19-20-11-7-5-8-12-20/h5-14H,3-4,15-19H2,1-2H3. The molecular weight excluding hydrogens is 380 g/mol. The van der Waals surface area contributed by atoms with Crippen LogP contribution in [0.3, 0.4) is 0 Å². The molecule has 0 atom stereocenters. The van der Waals surface area contributed by atoms with E-state index in [0.29, 0.717) is 31.6 Å². The summed E-state index contributed by atoms with van der Waals surface area (Å²) >= 11 is 0. The van der Waals surface area contributed by atoms with E-state index in [1.807, 2.05) is 48.5 Å². The van der Waals surface area contributed by atoms with Crippen molar-refractivity contribution in [1.29, 1.82) is 0 Å². The van der Waals surface area contributed by atoms with Gasteiger partial charge < -0.3 is 9.47 Å². The van der Waals surface area contributed by atoms with Crippen LogP contribution in [0, 0.1) is 0 Å². The van der Waals surface area contributed by atoms with Crippen LogP contribution in [0.1, 0.15) is 32.3 Å². The van der Waals surface area contributed by atoms with Gasteiger partial charge in [-0.15, -0.1) is 0 Å². The highest BCUT2D eigenvalue weighted by Gasteiger charge is 2.51. The highest BCUT2D eigenvalue weighted by Crippen LogP contribution is 2.36. The summed E-state index contributed by atoms with van der Waals surface area (Å²) in [6, 6.07) is 19.5. The minimum Gasteiger partial charge on any atom is -0.464 e.